The molecule has 0 saturated carbocycles. The van der Waals surface area contributed by atoms with Gasteiger partial charge in [-0.15, -0.1) is 0 Å². The molecule has 0 fully saturated rings. The molecule has 1 heterocycles. The van der Waals surface area contributed by atoms with Gasteiger partial charge in [0, 0.05) is 18.3 Å². The zero-order valence-corrected chi connectivity index (χ0v) is 18.9. The number of nitrogens with one attached hydrogen (secondary N) is 1. The highest BCUT2D eigenvalue weighted by Crippen LogP contribution is 2.29. The number of hydrogen-bond donors (Lipinski definition) is 1. The highest BCUT2D eigenvalue weighted by atomic mass is 19.1. The fourth-order valence-corrected chi connectivity index (χ4v) is 4.82. The van der Waals surface area contributed by atoms with Crippen LogP contribution in [0.4, 0.5) is 4.39 Å². The molecule has 6 rings (SSSR count). The van der Waals surface area contributed by atoms with Gasteiger partial charge in [-0.2, -0.15) is 0 Å². The number of fused-ring (bicyclic) bond motifs is 5. The predicted octanol–water partition coefficient (Wildman–Crippen LogP) is 5.82. The van der Waals surface area contributed by atoms with Crippen LogP contribution in [0.5, 0.6) is 0 Å². The molecule has 0 radical (unpaired) electrons. The zero-order valence-electron chi connectivity index (χ0n) is 18.9. The lowest BCUT2D eigenvalue weighted by atomic mass is 9.82. The lowest BCUT2D eigenvalue weighted by Gasteiger charge is -2.22. The highest BCUT2D eigenvalue weighted by molar-refractivity contribution is 5.74. The first-order valence-electron chi connectivity index (χ1n) is 11.6. The van der Waals surface area contributed by atoms with Crippen molar-refractivity contribution in [3.63, 3.8) is 0 Å². The Kier molecular flexibility index (Phi) is 6.08. The maximum Gasteiger partial charge on any atom is 0.123 e. The molecule has 1 aliphatic heterocycles. The van der Waals surface area contributed by atoms with Crippen molar-refractivity contribution < 1.29 is 4.39 Å². The van der Waals surface area contributed by atoms with Crippen LogP contribution in [0.1, 0.15) is 34.6 Å². The van der Waals surface area contributed by atoms with Crippen LogP contribution >= 0.6 is 0 Å². The molecule has 164 valence electrons. The average Bonchev–Trinajstić information content (AvgIpc) is 3.17. The fraction of sp³-hybridized carbons (Fsp3) is 0.161. The van der Waals surface area contributed by atoms with E-state index in [2.05, 4.69) is 60.8 Å². The van der Waals surface area contributed by atoms with Crippen LogP contribution in [-0.4, -0.2) is 0 Å². The first-order chi connectivity index (χ1) is 16.2. The highest BCUT2D eigenvalue weighted by Gasteiger charge is 2.18. The topological polar surface area (TPSA) is 12.0 Å². The maximum atomic E-state index is 13.8. The SMILES string of the molecule is C1=CC=CNC=C1.Cc1ccc(C2C=c3c(ccc4c3=CCc3ccc(F)cc3-4)CC2)cc1. The van der Waals surface area contributed by atoms with Crippen LogP contribution < -0.4 is 15.8 Å². The first-order valence-corrected chi connectivity index (χ1v) is 11.6. The summed E-state index contributed by atoms with van der Waals surface area (Å²) in [5, 5.41) is 5.57. The maximum absolute atomic E-state index is 13.8. The van der Waals surface area contributed by atoms with E-state index in [9.17, 15) is 4.39 Å². The molecule has 1 atom stereocenters. The van der Waals surface area contributed by atoms with Crippen molar-refractivity contribution >= 4 is 12.2 Å². The van der Waals surface area contributed by atoms with Crippen molar-refractivity contribution in [2.45, 2.75) is 32.1 Å². The molecule has 2 aliphatic carbocycles. The van der Waals surface area contributed by atoms with Gasteiger partial charge in [-0.25, -0.2) is 4.39 Å². The van der Waals surface area contributed by atoms with E-state index < -0.39 is 0 Å². The Morgan fingerprint density at radius 3 is 2.33 bits per heavy atom. The molecule has 0 aromatic heterocycles. The van der Waals surface area contributed by atoms with E-state index in [0.717, 1.165) is 24.8 Å². The molecule has 3 aromatic rings. The molecule has 1 unspecified atom stereocenters. The Balaban J connectivity index is 0.000000281. The van der Waals surface area contributed by atoms with Crippen LogP contribution in [0.3, 0.4) is 0 Å². The first kappa shape index (κ1) is 21.2. The van der Waals surface area contributed by atoms with Gasteiger partial charge in [0.15, 0.2) is 0 Å². The normalized spacial score (nSPS) is 17.1. The van der Waals surface area contributed by atoms with Crippen LogP contribution in [0.25, 0.3) is 23.3 Å². The second-order valence-electron chi connectivity index (χ2n) is 8.80. The third-order valence-corrected chi connectivity index (χ3v) is 6.58. The fourth-order valence-electron chi connectivity index (χ4n) is 4.82. The van der Waals surface area contributed by atoms with Crippen LogP contribution in [-0.2, 0) is 12.8 Å². The molecule has 3 aliphatic rings. The summed E-state index contributed by atoms with van der Waals surface area (Å²) in [6.45, 7) is 2.13. The summed E-state index contributed by atoms with van der Waals surface area (Å²) in [5.41, 5.74) is 7.55. The Labute approximate surface area is 195 Å². The Morgan fingerprint density at radius 2 is 1.55 bits per heavy atom. The third-order valence-electron chi connectivity index (χ3n) is 6.58. The lowest BCUT2D eigenvalue weighted by molar-refractivity contribution is 0.627. The van der Waals surface area contributed by atoms with Crippen molar-refractivity contribution in [1.82, 2.24) is 5.32 Å². The van der Waals surface area contributed by atoms with Gasteiger partial charge >= 0.3 is 0 Å². The van der Waals surface area contributed by atoms with Gasteiger partial charge in [0.05, 0.1) is 0 Å². The Hall–Kier alpha value is -3.65. The number of allylic oxidation sites excluding steroid dienone is 4. The van der Waals surface area contributed by atoms with E-state index in [1.807, 2.05) is 42.8 Å². The summed E-state index contributed by atoms with van der Waals surface area (Å²) in [5.74, 6) is 0.299. The van der Waals surface area contributed by atoms with Gasteiger partial charge in [-0.1, -0.05) is 72.3 Å². The van der Waals surface area contributed by atoms with Gasteiger partial charge in [0.2, 0.25) is 0 Å². The van der Waals surface area contributed by atoms with Crippen molar-refractivity contribution in [2.24, 2.45) is 0 Å². The second-order valence-corrected chi connectivity index (χ2v) is 8.80. The largest absolute Gasteiger partial charge is 0.368 e. The van der Waals surface area contributed by atoms with E-state index in [4.69, 9.17) is 0 Å². The molecular weight excluding hydrogens is 405 g/mol. The van der Waals surface area contributed by atoms with Gasteiger partial charge in [0.1, 0.15) is 5.82 Å². The molecule has 2 heteroatoms. The quantitative estimate of drug-likeness (QED) is 0.510. The Morgan fingerprint density at radius 1 is 0.788 bits per heavy atom. The summed E-state index contributed by atoms with van der Waals surface area (Å²) in [4.78, 5) is 0. The van der Waals surface area contributed by atoms with Crippen LogP contribution in [0, 0.1) is 12.7 Å². The molecule has 0 saturated heterocycles. The molecule has 3 aromatic carbocycles. The summed E-state index contributed by atoms with van der Waals surface area (Å²) >= 11 is 0. The summed E-state index contributed by atoms with van der Waals surface area (Å²) in [6.07, 6.45) is 19.5. The van der Waals surface area contributed by atoms with Crippen molar-refractivity contribution in [3.8, 4) is 11.1 Å². The molecular formula is C31H28FN. The van der Waals surface area contributed by atoms with Gasteiger partial charge in [-0.05, 0) is 88.7 Å². The van der Waals surface area contributed by atoms with Gasteiger partial charge in [0.25, 0.3) is 0 Å². The summed E-state index contributed by atoms with van der Waals surface area (Å²) in [7, 11) is 0. The molecule has 0 spiro atoms. The van der Waals surface area contributed by atoms with Crippen LogP contribution in [0.2, 0.25) is 0 Å². The van der Waals surface area contributed by atoms with E-state index in [1.54, 1.807) is 12.1 Å². The van der Waals surface area contributed by atoms with E-state index in [0.29, 0.717) is 5.92 Å². The van der Waals surface area contributed by atoms with E-state index in [1.165, 1.54) is 38.3 Å². The lowest BCUT2D eigenvalue weighted by Crippen LogP contribution is -2.35. The average molecular weight is 434 g/mol. The molecule has 1 N–H and O–H groups in total. The molecule has 1 nitrogen and oxygen atoms in total. The van der Waals surface area contributed by atoms with Gasteiger partial charge in [-0.3, -0.25) is 0 Å². The zero-order chi connectivity index (χ0) is 22.6. The Bertz CT molecular complexity index is 1360. The van der Waals surface area contributed by atoms with E-state index >= 15 is 0 Å². The summed E-state index contributed by atoms with van der Waals surface area (Å²) in [6, 6.07) is 18.5. The summed E-state index contributed by atoms with van der Waals surface area (Å²) < 4.78 is 13.8. The number of rotatable bonds is 1. The second kappa shape index (κ2) is 9.46. The minimum Gasteiger partial charge on any atom is -0.368 e. The van der Waals surface area contributed by atoms with Crippen molar-refractivity contribution in [3.05, 3.63) is 130 Å². The minimum absolute atomic E-state index is 0.157. The molecule has 33 heavy (non-hydrogen) atoms. The number of aryl methyl sites for hydroxylation is 2. The van der Waals surface area contributed by atoms with Crippen molar-refractivity contribution in [2.75, 3.05) is 0 Å². The van der Waals surface area contributed by atoms with E-state index in [-0.39, 0.29) is 5.82 Å². The van der Waals surface area contributed by atoms with Crippen LogP contribution in [0.15, 0.2) is 91.3 Å². The number of halogens is 1. The molecule has 0 amide bonds. The standard InChI is InChI=1S/C25H21F.C6H7N/c1-16-2-4-17(5-3-16)20-7-6-18-9-13-23-22(24(18)14-20)12-10-19-8-11-21(26)15-25(19)23;1-2-4-6-7-5-3-1/h2-5,8-9,11-15,20H,6-7,10H2,1H3;1-7H. The van der Waals surface area contributed by atoms with Gasteiger partial charge < -0.3 is 5.32 Å². The minimum atomic E-state index is -0.157. The molecule has 0 bridgehead atoms. The predicted molar refractivity (Wildman–Crippen MR) is 137 cm³/mol. The van der Waals surface area contributed by atoms with Crippen molar-refractivity contribution in [1.29, 1.82) is 0 Å². The third kappa shape index (κ3) is 4.61. The number of hydrogen-bond acceptors (Lipinski definition) is 1. The monoisotopic (exact) mass is 433 g/mol. The number of benzene rings is 3. The smallest absolute Gasteiger partial charge is 0.123 e.